The summed E-state index contributed by atoms with van der Waals surface area (Å²) in [6, 6.07) is 1.87. The molecule has 9 atom stereocenters. The minimum Gasteiger partial charge on any atom is -0.481 e. The molecule has 12 nitrogen and oxygen atoms in total. The van der Waals surface area contributed by atoms with Gasteiger partial charge in [-0.05, 0) is 43.7 Å². The lowest BCUT2D eigenvalue weighted by Crippen LogP contribution is -2.78. The van der Waals surface area contributed by atoms with Gasteiger partial charge in [-0.25, -0.2) is 4.79 Å². The number of aliphatic carboxylic acids is 1. The zero-order valence-electron chi connectivity index (χ0n) is 24.0. The number of hydrogen-bond acceptors (Lipinski definition) is 10. The quantitative estimate of drug-likeness (QED) is 0.160. The molecule has 2 fully saturated rings. The third-order valence-corrected chi connectivity index (χ3v) is 9.85. The number of aromatic amines is 1. The van der Waals surface area contributed by atoms with E-state index in [4.69, 9.17) is 18.9 Å². The molecule has 3 heterocycles. The highest BCUT2D eigenvalue weighted by molar-refractivity contribution is 5.90. The highest BCUT2D eigenvalue weighted by Crippen LogP contribution is 2.54. The van der Waals surface area contributed by atoms with Crippen LogP contribution in [0.1, 0.15) is 44.9 Å². The number of hydrogen-bond donors (Lipinski definition) is 6. The molecule has 9 unspecified atom stereocenters. The summed E-state index contributed by atoms with van der Waals surface area (Å²) in [5, 5.41) is 55.5. The number of aliphatic hydroxyl groups excluding tert-OH is 3. The predicted molar refractivity (Wildman–Crippen MR) is 149 cm³/mol. The lowest BCUT2D eigenvalue weighted by molar-refractivity contribution is -0.375. The third-order valence-electron chi connectivity index (χ3n) is 9.85. The molecular formula is C31H39NO11. The van der Waals surface area contributed by atoms with Crippen LogP contribution < -0.4 is 10.6 Å². The van der Waals surface area contributed by atoms with E-state index in [9.17, 15) is 35.1 Å². The van der Waals surface area contributed by atoms with Crippen LogP contribution in [0.3, 0.4) is 0 Å². The molecule has 1 aromatic rings. The number of rotatable bonds is 9. The van der Waals surface area contributed by atoms with Crippen molar-refractivity contribution in [3.63, 3.8) is 0 Å². The first-order chi connectivity index (χ1) is 20.7. The third kappa shape index (κ3) is 4.66. The molecule has 6 rings (SSSR count). The number of methoxy groups -OCH3 is 1. The Morgan fingerprint density at radius 1 is 1.26 bits per heavy atom. The number of esters is 1. The van der Waals surface area contributed by atoms with E-state index in [1.165, 1.54) is 7.11 Å². The largest absolute Gasteiger partial charge is 0.481 e. The Bertz CT molecular complexity index is 1450. The van der Waals surface area contributed by atoms with Crippen molar-refractivity contribution in [1.82, 2.24) is 4.98 Å². The molecule has 234 valence electrons. The Morgan fingerprint density at radius 2 is 2.07 bits per heavy atom. The lowest BCUT2D eigenvalue weighted by Gasteiger charge is -2.60. The normalized spacial score (nSPS) is 37.9. The van der Waals surface area contributed by atoms with E-state index in [1.54, 1.807) is 12.3 Å². The summed E-state index contributed by atoms with van der Waals surface area (Å²) in [5.74, 6) is -2.81. The monoisotopic (exact) mass is 601 g/mol. The van der Waals surface area contributed by atoms with Crippen molar-refractivity contribution in [2.24, 2.45) is 17.8 Å². The smallest absolute Gasteiger partial charge is 0.333 e. The molecule has 0 amide bonds. The van der Waals surface area contributed by atoms with Crippen molar-refractivity contribution in [3.8, 4) is 0 Å². The number of carbonyl (C=O) groups is 2. The second-order valence-corrected chi connectivity index (χ2v) is 12.1. The molecule has 43 heavy (non-hydrogen) atoms. The van der Waals surface area contributed by atoms with Gasteiger partial charge in [0.25, 0.3) is 0 Å². The number of carbonyl (C=O) groups excluding carboxylic acids is 1. The highest BCUT2D eigenvalue weighted by atomic mass is 16.7. The molecule has 2 aliphatic heterocycles. The van der Waals surface area contributed by atoms with Crippen molar-refractivity contribution in [2.75, 3.05) is 20.3 Å². The Morgan fingerprint density at radius 3 is 2.79 bits per heavy atom. The van der Waals surface area contributed by atoms with Crippen molar-refractivity contribution < 1.29 is 54.1 Å². The van der Waals surface area contributed by atoms with Gasteiger partial charge >= 0.3 is 11.9 Å². The van der Waals surface area contributed by atoms with Gasteiger partial charge in [0.1, 0.15) is 23.6 Å². The molecular weight excluding hydrogens is 562 g/mol. The van der Waals surface area contributed by atoms with Gasteiger partial charge in [-0.1, -0.05) is 18.2 Å². The van der Waals surface area contributed by atoms with Gasteiger partial charge in [0.15, 0.2) is 11.9 Å². The van der Waals surface area contributed by atoms with Gasteiger partial charge < -0.3 is 49.5 Å². The molecule has 12 heteroatoms. The number of fused-ring (bicyclic) bond motifs is 4. The van der Waals surface area contributed by atoms with E-state index in [0.29, 0.717) is 43.4 Å². The fraction of sp³-hybridized carbons (Fsp3) is 0.613. The maximum atomic E-state index is 12.7. The van der Waals surface area contributed by atoms with Gasteiger partial charge in [0, 0.05) is 47.8 Å². The van der Waals surface area contributed by atoms with E-state index in [0.717, 1.165) is 10.6 Å². The minimum absolute atomic E-state index is 0.0675. The molecule has 5 aliphatic rings. The summed E-state index contributed by atoms with van der Waals surface area (Å²) in [6.07, 6.45) is 4.65. The van der Waals surface area contributed by atoms with Gasteiger partial charge in [-0.15, -0.1) is 0 Å². The van der Waals surface area contributed by atoms with E-state index < -0.39 is 66.2 Å². The first-order valence-corrected chi connectivity index (χ1v) is 14.9. The maximum absolute atomic E-state index is 12.7. The molecule has 1 saturated carbocycles. The molecule has 3 aliphatic carbocycles. The van der Waals surface area contributed by atoms with Gasteiger partial charge in [-0.2, -0.15) is 0 Å². The fourth-order valence-electron chi connectivity index (χ4n) is 7.87. The van der Waals surface area contributed by atoms with Crippen molar-refractivity contribution >= 4 is 23.3 Å². The average molecular weight is 602 g/mol. The predicted octanol–water partition coefficient (Wildman–Crippen LogP) is -0.410. The Balaban J connectivity index is 1.38. The first kappa shape index (κ1) is 30.0. The number of carboxylic acids is 1. The Hall–Kier alpha value is -3.00. The Kier molecular flexibility index (Phi) is 8.03. The van der Waals surface area contributed by atoms with Crippen LogP contribution in [0.2, 0.25) is 0 Å². The van der Waals surface area contributed by atoms with Crippen molar-refractivity contribution in [3.05, 3.63) is 46.6 Å². The second kappa shape index (κ2) is 11.5. The van der Waals surface area contributed by atoms with Crippen LogP contribution in [0.25, 0.3) is 11.3 Å². The first-order valence-electron chi connectivity index (χ1n) is 14.9. The maximum Gasteiger partial charge on any atom is 0.333 e. The molecule has 4 bridgehead atoms. The van der Waals surface area contributed by atoms with Crippen molar-refractivity contribution in [1.29, 1.82) is 0 Å². The number of ether oxygens (including phenoxy) is 4. The number of H-pyrrole nitrogens is 1. The van der Waals surface area contributed by atoms with Crippen LogP contribution in [0, 0.1) is 17.8 Å². The summed E-state index contributed by atoms with van der Waals surface area (Å²) >= 11 is 0. The molecule has 6 N–H and O–H groups in total. The molecule has 0 aromatic carbocycles. The van der Waals surface area contributed by atoms with Crippen LogP contribution in [0.5, 0.6) is 0 Å². The zero-order valence-corrected chi connectivity index (χ0v) is 24.0. The molecule has 1 saturated heterocycles. The summed E-state index contributed by atoms with van der Waals surface area (Å²) in [5.41, 5.74) is -2.55. The summed E-state index contributed by atoms with van der Waals surface area (Å²) in [6.45, 7) is -0.614. The van der Waals surface area contributed by atoms with Gasteiger partial charge in [0.05, 0.1) is 31.6 Å². The average Bonchev–Trinajstić information content (AvgIpc) is 3.43. The number of aromatic nitrogens is 1. The lowest BCUT2D eigenvalue weighted by atomic mass is 9.63. The van der Waals surface area contributed by atoms with Crippen LogP contribution >= 0.6 is 0 Å². The standard InChI is InChI=1S/C31H39NO11/c1-40-27(37)20-13-16-5-2-3-6-17(19(20)14-24(35)36)26(16)42-29-30(39)10-8-21-18-9-11-32-25(18)22(7-4-12-33)43-31(21,28(30)38)23(15-34)41-29/h3,6,9,11,13,16-17,19,23,26,28-29,32-34,38-39H,2,4-5,7-8,10,12,14-15H2,1H3,(H,35,36). The van der Waals surface area contributed by atoms with E-state index >= 15 is 0 Å². The van der Waals surface area contributed by atoms with E-state index in [-0.39, 0.29) is 30.9 Å². The number of nitrogens with one attached hydrogen (secondary N) is 1. The molecule has 1 spiro atoms. The highest BCUT2D eigenvalue weighted by Gasteiger charge is 2.70. The zero-order chi connectivity index (χ0) is 30.5. The van der Waals surface area contributed by atoms with Crippen LogP contribution in [0.4, 0.5) is 0 Å². The minimum atomic E-state index is -1.94. The van der Waals surface area contributed by atoms with Gasteiger partial charge in [0.2, 0.25) is 0 Å². The number of carboxylic acid groups (broad SMARTS) is 1. The van der Waals surface area contributed by atoms with E-state index in [2.05, 4.69) is 4.98 Å². The fourth-order valence-corrected chi connectivity index (χ4v) is 7.87. The van der Waals surface area contributed by atoms with Crippen molar-refractivity contribution in [2.45, 2.75) is 80.7 Å². The molecule has 1 aromatic heterocycles. The number of allylic oxidation sites excluding steroid dienone is 1. The summed E-state index contributed by atoms with van der Waals surface area (Å²) in [4.78, 5) is 27.8. The van der Waals surface area contributed by atoms with Crippen LogP contribution in [-0.4, -0.2) is 98.6 Å². The summed E-state index contributed by atoms with van der Waals surface area (Å²) in [7, 11) is 1.26. The summed E-state index contributed by atoms with van der Waals surface area (Å²) < 4.78 is 24.4. The topological polar surface area (TPSA) is 188 Å². The molecule has 0 radical (unpaired) electrons. The number of aliphatic hydroxyl groups is 4. The van der Waals surface area contributed by atoms with Crippen LogP contribution in [0.15, 0.2) is 36.1 Å². The second-order valence-electron chi connectivity index (χ2n) is 12.1. The van der Waals surface area contributed by atoms with Gasteiger partial charge in [-0.3, -0.25) is 4.79 Å². The Labute approximate surface area is 247 Å². The SMILES string of the molecule is COC(=O)C1=CC2CCC=CC(C1CC(=O)O)C2OC1OC(CO)C23OC(CCCO)=c4[nH]ccc4=C2CCC1(O)C3O. The van der Waals surface area contributed by atoms with Crippen LogP contribution in [-0.2, 0) is 28.5 Å². The van der Waals surface area contributed by atoms with E-state index in [1.807, 2.05) is 18.2 Å².